The van der Waals surface area contributed by atoms with Crippen LogP contribution in [0.25, 0.3) is 0 Å². The van der Waals surface area contributed by atoms with Gasteiger partial charge in [-0.15, -0.1) is 0 Å². The Bertz CT molecular complexity index is 576. The number of ether oxygens (including phenoxy) is 1. The van der Waals surface area contributed by atoms with E-state index >= 15 is 0 Å². The zero-order valence-electron chi connectivity index (χ0n) is 11.2. The maximum atomic E-state index is 12.2. The van der Waals surface area contributed by atoms with Crippen LogP contribution in [0.15, 0.2) is 17.2 Å². The molecule has 1 heterocycles. The van der Waals surface area contributed by atoms with Crippen molar-refractivity contribution in [3.05, 3.63) is 18.0 Å². The Balaban J connectivity index is 1.91. The molecule has 1 aliphatic carbocycles. The number of carboxylic acid groups (broad SMARTS) is 1. The number of aromatic carboxylic acids is 1. The van der Waals surface area contributed by atoms with Crippen LogP contribution in [0.3, 0.4) is 0 Å². The molecule has 0 atom stereocenters. The van der Waals surface area contributed by atoms with E-state index in [1.165, 1.54) is 26.1 Å². The van der Waals surface area contributed by atoms with Gasteiger partial charge in [-0.25, -0.2) is 13.2 Å². The molecule has 1 aromatic rings. The summed E-state index contributed by atoms with van der Waals surface area (Å²) in [6, 6.07) is 1.11. The lowest BCUT2D eigenvalue weighted by Gasteiger charge is -2.16. The van der Waals surface area contributed by atoms with Gasteiger partial charge in [-0.1, -0.05) is 0 Å². The fourth-order valence-corrected chi connectivity index (χ4v) is 2.82. The number of H-pyrrole nitrogens is 1. The van der Waals surface area contributed by atoms with Gasteiger partial charge in [0.1, 0.15) is 10.6 Å². The number of carbonyl (C=O) groups is 1. The molecule has 0 amide bonds. The highest BCUT2D eigenvalue weighted by Gasteiger charge is 2.24. The van der Waals surface area contributed by atoms with Crippen molar-refractivity contribution in [3.63, 3.8) is 0 Å². The fourth-order valence-electron chi connectivity index (χ4n) is 1.67. The molecule has 0 aromatic carbocycles. The van der Waals surface area contributed by atoms with Gasteiger partial charge in [0.15, 0.2) is 0 Å². The molecule has 2 rings (SSSR count). The second kappa shape index (κ2) is 5.94. The van der Waals surface area contributed by atoms with Crippen LogP contribution in [-0.2, 0) is 14.8 Å². The van der Waals surface area contributed by atoms with E-state index in [4.69, 9.17) is 9.84 Å². The molecule has 2 N–H and O–H groups in total. The number of sulfonamides is 1. The summed E-state index contributed by atoms with van der Waals surface area (Å²) in [4.78, 5) is 13.1. The van der Waals surface area contributed by atoms with Crippen molar-refractivity contribution in [2.24, 2.45) is 5.92 Å². The van der Waals surface area contributed by atoms with Crippen molar-refractivity contribution in [3.8, 4) is 0 Å². The molecular formula is C12H18N2O5S. The summed E-state index contributed by atoms with van der Waals surface area (Å²) in [7, 11) is -2.23. The fraction of sp³-hybridized carbons (Fsp3) is 0.583. The van der Waals surface area contributed by atoms with E-state index in [1.54, 1.807) is 0 Å². The summed E-state index contributed by atoms with van der Waals surface area (Å²) in [5.41, 5.74) is -0.151. The van der Waals surface area contributed by atoms with Crippen molar-refractivity contribution in [1.29, 1.82) is 0 Å². The maximum Gasteiger partial charge on any atom is 0.352 e. The van der Waals surface area contributed by atoms with E-state index in [9.17, 15) is 13.2 Å². The Morgan fingerprint density at radius 3 is 2.80 bits per heavy atom. The van der Waals surface area contributed by atoms with E-state index < -0.39 is 16.0 Å². The minimum Gasteiger partial charge on any atom is -0.477 e. The highest BCUT2D eigenvalue weighted by Crippen LogP contribution is 2.28. The highest BCUT2D eigenvalue weighted by atomic mass is 32.2. The predicted molar refractivity (Wildman–Crippen MR) is 71.1 cm³/mol. The number of rotatable bonds is 8. The molecule has 0 aliphatic heterocycles. The first-order chi connectivity index (χ1) is 9.41. The number of carboxylic acids is 1. The number of likely N-dealkylation sites (N-methyl/N-ethyl adjacent to an activating group) is 1. The van der Waals surface area contributed by atoms with Gasteiger partial charge in [-0.2, -0.15) is 4.31 Å². The maximum absolute atomic E-state index is 12.2. The van der Waals surface area contributed by atoms with Gasteiger partial charge in [-0.05, 0) is 24.8 Å². The standard InChI is InChI=1S/C12H18N2O5S/c1-14(4-5-19-8-9-2-3-9)20(17,18)10-6-11(12(15)16)13-7-10/h6-7,9,13H,2-5,8H2,1H3,(H,15,16). The highest BCUT2D eigenvalue weighted by molar-refractivity contribution is 7.89. The summed E-state index contributed by atoms with van der Waals surface area (Å²) in [5, 5.41) is 8.77. The quantitative estimate of drug-likeness (QED) is 0.691. The van der Waals surface area contributed by atoms with E-state index in [0.29, 0.717) is 19.1 Å². The molecular weight excluding hydrogens is 284 g/mol. The molecule has 7 nitrogen and oxygen atoms in total. The minimum atomic E-state index is -3.68. The van der Waals surface area contributed by atoms with Crippen molar-refractivity contribution in [2.75, 3.05) is 26.8 Å². The largest absolute Gasteiger partial charge is 0.477 e. The number of nitrogens with one attached hydrogen (secondary N) is 1. The normalized spacial score (nSPS) is 15.7. The molecule has 0 saturated heterocycles. The Hall–Kier alpha value is -1.38. The third kappa shape index (κ3) is 3.59. The summed E-state index contributed by atoms with van der Waals surface area (Å²) in [6.45, 7) is 1.26. The molecule has 1 aromatic heterocycles. The van der Waals surface area contributed by atoms with Gasteiger partial charge in [0.25, 0.3) is 0 Å². The second-order valence-corrected chi connectivity index (χ2v) is 6.94. The van der Waals surface area contributed by atoms with Gasteiger partial charge < -0.3 is 14.8 Å². The van der Waals surface area contributed by atoms with Crippen molar-refractivity contribution in [1.82, 2.24) is 9.29 Å². The lowest BCUT2D eigenvalue weighted by atomic mass is 10.4. The number of aromatic amines is 1. The number of hydrogen-bond donors (Lipinski definition) is 2. The summed E-state index contributed by atoms with van der Waals surface area (Å²) in [6.07, 6.45) is 3.56. The Morgan fingerprint density at radius 1 is 1.55 bits per heavy atom. The van der Waals surface area contributed by atoms with Gasteiger partial charge >= 0.3 is 5.97 Å². The van der Waals surface area contributed by atoms with E-state index in [1.807, 2.05) is 0 Å². The molecule has 0 radical (unpaired) electrons. The average Bonchev–Trinajstić information content (AvgIpc) is 3.06. The first kappa shape index (κ1) is 15.0. The molecule has 0 unspecified atom stereocenters. The number of aromatic nitrogens is 1. The van der Waals surface area contributed by atoms with Crippen LogP contribution in [0.1, 0.15) is 23.3 Å². The van der Waals surface area contributed by atoms with Crippen LogP contribution < -0.4 is 0 Å². The van der Waals surface area contributed by atoms with Crippen LogP contribution in [0.4, 0.5) is 0 Å². The van der Waals surface area contributed by atoms with Gasteiger partial charge in [0, 0.05) is 26.4 Å². The molecule has 1 saturated carbocycles. The third-order valence-electron chi connectivity index (χ3n) is 3.20. The summed E-state index contributed by atoms with van der Waals surface area (Å²) < 4.78 is 30.9. The predicted octanol–water partition coefficient (Wildman–Crippen LogP) is 0.760. The van der Waals surface area contributed by atoms with Crippen molar-refractivity contribution in [2.45, 2.75) is 17.7 Å². The third-order valence-corrected chi connectivity index (χ3v) is 5.03. The van der Waals surface area contributed by atoms with Crippen molar-refractivity contribution >= 4 is 16.0 Å². The zero-order chi connectivity index (χ0) is 14.8. The summed E-state index contributed by atoms with van der Waals surface area (Å²) in [5.74, 6) is -0.554. The molecule has 112 valence electrons. The number of nitrogens with zero attached hydrogens (tertiary/aromatic N) is 1. The first-order valence-electron chi connectivity index (χ1n) is 6.37. The smallest absolute Gasteiger partial charge is 0.352 e. The van der Waals surface area contributed by atoms with Crippen LogP contribution in [0.5, 0.6) is 0 Å². The second-order valence-electron chi connectivity index (χ2n) is 4.90. The van der Waals surface area contributed by atoms with Crippen LogP contribution in [0, 0.1) is 5.92 Å². The van der Waals surface area contributed by atoms with Crippen LogP contribution >= 0.6 is 0 Å². The Kier molecular flexibility index (Phi) is 4.46. The zero-order valence-corrected chi connectivity index (χ0v) is 12.0. The molecule has 20 heavy (non-hydrogen) atoms. The van der Waals surface area contributed by atoms with E-state index in [-0.39, 0.29) is 17.1 Å². The molecule has 1 aliphatic rings. The van der Waals surface area contributed by atoms with Crippen LogP contribution in [-0.4, -0.2) is 55.6 Å². The molecule has 1 fully saturated rings. The Morgan fingerprint density at radius 2 is 2.25 bits per heavy atom. The lowest BCUT2D eigenvalue weighted by molar-refractivity contribution is 0.0691. The van der Waals surface area contributed by atoms with Gasteiger partial charge in [0.2, 0.25) is 10.0 Å². The number of hydrogen-bond acceptors (Lipinski definition) is 4. The monoisotopic (exact) mass is 302 g/mol. The van der Waals surface area contributed by atoms with Gasteiger partial charge in [0.05, 0.1) is 6.61 Å². The molecule has 0 spiro atoms. The van der Waals surface area contributed by atoms with E-state index in [0.717, 1.165) is 10.4 Å². The van der Waals surface area contributed by atoms with Crippen LogP contribution in [0.2, 0.25) is 0 Å². The lowest BCUT2D eigenvalue weighted by Crippen LogP contribution is -2.30. The van der Waals surface area contributed by atoms with E-state index in [2.05, 4.69) is 4.98 Å². The van der Waals surface area contributed by atoms with Gasteiger partial charge in [-0.3, -0.25) is 0 Å². The minimum absolute atomic E-state index is 0.0559. The average molecular weight is 302 g/mol. The summed E-state index contributed by atoms with van der Waals surface area (Å²) >= 11 is 0. The Labute approximate surface area is 117 Å². The van der Waals surface area contributed by atoms with Crippen molar-refractivity contribution < 1.29 is 23.1 Å². The molecule has 0 bridgehead atoms. The topological polar surface area (TPSA) is 99.7 Å². The SMILES string of the molecule is CN(CCOCC1CC1)S(=O)(=O)c1c[nH]c(C(=O)O)c1. The molecule has 8 heteroatoms. The first-order valence-corrected chi connectivity index (χ1v) is 7.81.